The molecule has 0 spiro atoms. The van der Waals surface area contributed by atoms with E-state index in [2.05, 4.69) is 0 Å². The number of nitrogens with two attached hydrogens (primary N) is 1. The molecule has 2 N–H and O–H groups in total. The first-order chi connectivity index (χ1) is 6.99. The van der Waals surface area contributed by atoms with Gasteiger partial charge in [-0.15, -0.1) is 0 Å². The van der Waals surface area contributed by atoms with Crippen molar-refractivity contribution in [1.82, 2.24) is 0 Å². The van der Waals surface area contributed by atoms with Crippen LogP contribution in [0.2, 0.25) is 0 Å². The Bertz CT molecular complexity index is 325. The van der Waals surface area contributed by atoms with E-state index in [9.17, 15) is 4.39 Å². The van der Waals surface area contributed by atoms with Crippen LogP contribution in [0.5, 0.6) is 5.75 Å². The molecule has 1 aromatic rings. The van der Waals surface area contributed by atoms with Gasteiger partial charge < -0.3 is 10.5 Å². The highest BCUT2D eigenvalue weighted by Crippen LogP contribution is 2.20. The Kier molecular flexibility index (Phi) is 4.09. The molecule has 0 saturated heterocycles. The number of hydrogen-bond donors (Lipinski definition) is 1. The molecule has 0 fully saturated rings. The van der Waals surface area contributed by atoms with Crippen molar-refractivity contribution in [1.29, 1.82) is 0 Å². The predicted molar refractivity (Wildman–Crippen MR) is 59.5 cm³/mol. The van der Waals surface area contributed by atoms with E-state index in [1.54, 1.807) is 6.07 Å². The summed E-state index contributed by atoms with van der Waals surface area (Å²) >= 11 is 0. The van der Waals surface area contributed by atoms with Crippen LogP contribution >= 0.6 is 0 Å². The van der Waals surface area contributed by atoms with Gasteiger partial charge in [0, 0.05) is 6.04 Å². The molecule has 3 heteroatoms. The van der Waals surface area contributed by atoms with Gasteiger partial charge in [-0.2, -0.15) is 0 Å². The molecule has 1 rings (SSSR count). The van der Waals surface area contributed by atoms with E-state index < -0.39 is 0 Å². The van der Waals surface area contributed by atoms with Crippen LogP contribution in [0, 0.1) is 12.7 Å². The molecular weight excluding hydrogens is 193 g/mol. The summed E-state index contributed by atoms with van der Waals surface area (Å²) in [6.45, 7) is 5.74. The van der Waals surface area contributed by atoms with Gasteiger partial charge in [0.05, 0.1) is 6.10 Å². The fraction of sp³-hybridized carbons (Fsp3) is 0.500. The zero-order chi connectivity index (χ0) is 11.4. The Balaban J connectivity index is 2.64. The van der Waals surface area contributed by atoms with E-state index in [-0.39, 0.29) is 18.0 Å². The summed E-state index contributed by atoms with van der Waals surface area (Å²) in [5.41, 5.74) is 6.48. The van der Waals surface area contributed by atoms with Crippen LogP contribution in [0.1, 0.15) is 25.8 Å². The average molecular weight is 211 g/mol. The maximum atomic E-state index is 12.8. The maximum Gasteiger partial charge on any atom is 0.123 e. The molecule has 0 aliphatic heterocycles. The Labute approximate surface area is 90.2 Å². The number of aryl methyl sites for hydroxylation is 1. The van der Waals surface area contributed by atoms with E-state index in [0.717, 1.165) is 17.7 Å². The fourth-order valence-corrected chi connectivity index (χ4v) is 1.53. The number of halogens is 1. The Morgan fingerprint density at radius 2 is 2.07 bits per heavy atom. The molecular formula is C12H18FNO. The lowest BCUT2D eigenvalue weighted by atomic mass is 10.1. The lowest BCUT2D eigenvalue weighted by Gasteiger charge is -2.17. The van der Waals surface area contributed by atoms with Crippen LogP contribution in [0.4, 0.5) is 4.39 Å². The van der Waals surface area contributed by atoms with Crippen molar-refractivity contribution in [3.8, 4) is 5.75 Å². The van der Waals surface area contributed by atoms with Gasteiger partial charge in [0.1, 0.15) is 11.6 Å². The van der Waals surface area contributed by atoms with Gasteiger partial charge in [-0.25, -0.2) is 4.39 Å². The van der Waals surface area contributed by atoms with Crippen LogP contribution in [0.25, 0.3) is 0 Å². The highest BCUT2D eigenvalue weighted by Gasteiger charge is 2.08. The van der Waals surface area contributed by atoms with Crippen LogP contribution in [-0.2, 0) is 0 Å². The summed E-state index contributed by atoms with van der Waals surface area (Å²) < 4.78 is 18.5. The minimum Gasteiger partial charge on any atom is -0.490 e. The number of ether oxygens (including phenoxy) is 1. The summed E-state index contributed by atoms with van der Waals surface area (Å²) in [5, 5.41) is 0. The van der Waals surface area contributed by atoms with Crippen LogP contribution in [0.15, 0.2) is 18.2 Å². The highest BCUT2D eigenvalue weighted by molar-refractivity contribution is 5.32. The molecule has 15 heavy (non-hydrogen) atoms. The quantitative estimate of drug-likeness (QED) is 0.831. The second-order valence-corrected chi connectivity index (χ2v) is 4.05. The van der Waals surface area contributed by atoms with Crippen molar-refractivity contribution < 1.29 is 9.13 Å². The summed E-state index contributed by atoms with van der Waals surface area (Å²) in [5.74, 6) is 0.490. The zero-order valence-corrected chi connectivity index (χ0v) is 9.46. The molecule has 2 unspecified atom stereocenters. The third-order valence-electron chi connectivity index (χ3n) is 2.17. The van der Waals surface area contributed by atoms with E-state index in [4.69, 9.17) is 10.5 Å². The van der Waals surface area contributed by atoms with Crippen molar-refractivity contribution in [2.45, 2.75) is 39.3 Å². The van der Waals surface area contributed by atoms with Gasteiger partial charge >= 0.3 is 0 Å². The lowest BCUT2D eigenvalue weighted by molar-refractivity contribution is 0.201. The van der Waals surface area contributed by atoms with E-state index >= 15 is 0 Å². The molecule has 2 nitrogen and oxygen atoms in total. The van der Waals surface area contributed by atoms with Crippen LogP contribution in [0.3, 0.4) is 0 Å². The molecule has 0 aliphatic carbocycles. The van der Waals surface area contributed by atoms with Gasteiger partial charge in [-0.3, -0.25) is 0 Å². The van der Waals surface area contributed by atoms with Crippen LogP contribution < -0.4 is 10.5 Å². The van der Waals surface area contributed by atoms with Crippen molar-refractivity contribution in [3.63, 3.8) is 0 Å². The number of rotatable bonds is 4. The predicted octanol–water partition coefficient (Wildman–Crippen LogP) is 2.64. The number of benzene rings is 1. The Morgan fingerprint density at radius 1 is 1.40 bits per heavy atom. The second kappa shape index (κ2) is 5.12. The van der Waals surface area contributed by atoms with Gasteiger partial charge in [-0.05, 0) is 51.0 Å². The van der Waals surface area contributed by atoms with Gasteiger partial charge in [0.15, 0.2) is 0 Å². The molecule has 0 heterocycles. The SMILES string of the molecule is Cc1cc(F)ccc1OC(C)CC(C)N. The first-order valence-electron chi connectivity index (χ1n) is 5.17. The van der Waals surface area contributed by atoms with Gasteiger partial charge in [0.2, 0.25) is 0 Å². The highest BCUT2D eigenvalue weighted by atomic mass is 19.1. The third-order valence-corrected chi connectivity index (χ3v) is 2.17. The second-order valence-electron chi connectivity index (χ2n) is 4.05. The van der Waals surface area contributed by atoms with Crippen molar-refractivity contribution in [2.24, 2.45) is 5.73 Å². The zero-order valence-electron chi connectivity index (χ0n) is 9.46. The van der Waals surface area contributed by atoms with E-state index in [1.165, 1.54) is 12.1 Å². The molecule has 2 atom stereocenters. The monoisotopic (exact) mass is 211 g/mol. The van der Waals surface area contributed by atoms with Crippen molar-refractivity contribution in [3.05, 3.63) is 29.6 Å². The molecule has 0 aliphatic rings. The fourth-order valence-electron chi connectivity index (χ4n) is 1.53. The molecule has 0 amide bonds. The Hall–Kier alpha value is -1.09. The normalized spacial score (nSPS) is 14.7. The minimum absolute atomic E-state index is 0.0501. The van der Waals surface area contributed by atoms with Gasteiger partial charge in [0.25, 0.3) is 0 Å². The molecule has 84 valence electrons. The molecule has 0 saturated carbocycles. The van der Waals surface area contributed by atoms with Crippen molar-refractivity contribution in [2.75, 3.05) is 0 Å². The van der Waals surface area contributed by atoms with E-state index in [0.29, 0.717) is 0 Å². The summed E-state index contributed by atoms with van der Waals surface area (Å²) in [6, 6.07) is 4.64. The van der Waals surface area contributed by atoms with Gasteiger partial charge in [-0.1, -0.05) is 0 Å². The summed E-state index contributed by atoms with van der Waals surface area (Å²) in [6.07, 6.45) is 0.839. The summed E-state index contributed by atoms with van der Waals surface area (Å²) in [4.78, 5) is 0. The smallest absolute Gasteiger partial charge is 0.123 e. The first kappa shape index (κ1) is 12.0. The van der Waals surface area contributed by atoms with Crippen LogP contribution in [-0.4, -0.2) is 12.1 Å². The first-order valence-corrected chi connectivity index (χ1v) is 5.17. The third kappa shape index (κ3) is 3.88. The Morgan fingerprint density at radius 3 is 2.60 bits per heavy atom. The largest absolute Gasteiger partial charge is 0.490 e. The standard InChI is InChI=1S/C12H18FNO/c1-8-6-11(13)4-5-12(8)15-10(3)7-9(2)14/h4-6,9-10H,7,14H2,1-3H3. The lowest BCUT2D eigenvalue weighted by Crippen LogP contribution is -2.24. The molecule has 0 bridgehead atoms. The number of hydrogen-bond acceptors (Lipinski definition) is 2. The van der Waals surface area contributed by atoms with E-state index in [1.807, 2.05) is 20.8 Å². The van der Waals surface area contributed by atoms with Crippen molar-refractivity contribution >= 4 is 0 Å². The molecule has 1 aromatic carbocycles. The average Bonchev–Trinajstić information content (AvgIpc) is 2.08. The summed E-state index contributed by atoms with van der Waals surface area (Å²) in [7, 11) is 0. The molecule has 0 radical (unpaired) electrons. The topological polar surface area (TPSA) is 35.2 Å². The minimum atomic E-state index is -0.236. The maximum absolute atomic E-state index is 12.8. The molecule has 0 aromatic heterocycles.